The van der Waals surface area contributed by atoms with Crippen LogP contribution in [-0.4, -0.2) is 12.6 Å². The van der Waals surface area contributed by atoms with E-state index >= 15 is 0 Å². The molecule has 0 spiro atoms. The zero-order valence-corrected chi connectivity index (χ0v) is 8.82. The van der Waals surface area contributed by atoms with Crippen molar-refractivity contribution in [2.45, 2.75) is 58.9 Å². The zero-order chi connectivity index (χ0) is 9.03. The lowest BCUT2D eigenvalue weighted by atomic mass is 9.74. The highest BCUT2D eigenvalue weighted by Crippen LogP contribution is 2.33. The molecule has 1 heterocycles. The highest BCUT2D eigenvalue weighted by Gasteiger charge is 2.31. The molecule has 1 N–H and O–H groups in total. The monoisotopic (exact) mass is 169 g/mol. The average Bonchev–Trinajstić information content (AvgIpc) is 2.18. The van der Waals surface area contributed by atoms with E-state index in [4.69, 9.17) is 0 Å². The number of piperidine rings is 1. The quantitative estimate of drug-likeness (QED) is 0.685. The van der Waals surface area contributed by atoms with Crippen LogP contribution >= 0.6 is 0 Å². The van der Waals surface area contributed by atoms with Gasteiger partial charge in [-0.2, -0.15) is 0 Å². The molecule has 0 bridgehead atoms. The first-order valence-electron chi connectivity index (χ1n) is 5.46. The average molecular weight is 169 g/mol. The second-order valence-electron chi connectivity index (χ2n) is 4.36. The van der Waals surface area contributed by atoms with Gasteiger partial charge in [0.05, 0.1) is 0 Å². The third-order valence-corrected chi connectivity index (χ3v) is 3.77. The highest BCUT2D eigenvalue weighted by atomic mass is 14.9. The Bertz CT molecular complexity index is 121. The van der Waals surface area contributed by atoms with Gasteiger partial charge in [-0.15, -0.1) is 0 Å². The Labute approximate surface area is 76.9 Å². The first-order chi connectivity index (χ1) is 5.73. The van der Waals surface area contributed by atoms with Gasteiger partial charge in [-0.1, -0.05) is 27.2 Å². The van der Waals surface area contributed by atoms with Crippen LogP contribution in [0.5, 0.6) is 0 Å². The van der Waals surface area contributed by atoms with Gasteiger partial charge in [0.25, 0.3) is 0 Å². The lowest BCUT2D eigenvalue weighted by Crippen LogP contribution is -2.45. The van der Waals surface area contributed by atoms with E-state index in [2.05, 4.69) is 26.1 Å². The Morgan fingerprint density at radius 3 is 2.33 bits per heavy atom. The van der Waals surface area contributed by atoms with Gasteiger partial charge in [0.1, 0.15) is 0 Å². The number of rotatable bonds is 3. The molecule has 0 aromatic carbocycles. The van der Waals surface area contributed by atoms with E-state index in [9.17, 15) is 0 Å². The lowest BCUT2D eigenvalue weighted by molar-refractivity contribution is 0.167. The molecule has 1 unspecified atom stereocenters. The van der Waals surface area contributed by atoms with Crippen molar-refractivity contribution < 1.29 is 0 Å². The van der Waals surface area contributed by atoms with Crippen molar-refractivity contribution in [3.8, 4) is 0 Å². The number of hydrogen-bond acceptors (Lipinski definition) is 1. The summed E-state index contributed by atoms with van der Waals surface area (Å²) in [6.07, 6.45) is 6.80. The Morgan fingerprint density at radius 1 is 1.25 bits per heavy atom. The fraction of sp³-hybridized carbons (Fsp3) is 1.00. The molecule has 0 saturated carbocycles. The van der Waals surface area contributed by atoms with Crippen LogP contribution in [0.1, 0.15) is 52.9 Å². The summed E-state index contributed by atoms with van der Waals surface area (Å²) in [6.45, 7) is 8.30. The van der Waals surface area contributed by atoms with E-state index in [1.54, 1.807) is 0 Å². The van der Waals surface area contributed by atoms with Crippen LogP contribution in [0.15, 0.2) is 0 Å². The molecule has 1 aliphatic heterocycles. The standard InChI is InChI=1S/C11H23N/c1-4-11(3,5-2)10-8-6-7-9-12-10/h10,12H,4-9H2,1-3H3. The van der Waals surface area contributed by atoms with Crippen molar-refractivity contribution >= 4 is 0 Å². The van der Waals surface area contributed by atoms with E-state index in [-0.39, 0.29) is 0 Å². The maximum atomic E-state index is 3.66. The van der Waals surface area contributed by atoms with Crippen LogP contribution in [0.2, 0.25) is 0 Å². The number of hydrogen-bond donors (Lipinski definition) is 1. The van der Waals surface area contributed by atoms with E-state index in [1.807, 2.05) is 0 Å². The van der Waals surface area contributed by atoms with Crippen LogP contribution in [0, 0.1) is 5.41 Å². The van der Waals surface area contributed by atoms with E-state index < -0.39 is 0 Å². The van der Waals surface area contributed by atoms with Gasteiger partial charge in [0, 0.05) is 6.04 Å². The minimum atomic E-state index is 0.542. The molecule has 1 aliphatic rings. The van der Waals surface area contributed by atoms with Gasteiger partial charge in [0.15, 0.2) is 0 Å². The Balaban J connectivity index is 2.51. The Kier molecular flexibility index (Phi) is 3.57. The molecule has 1 nitrogen and oxygen atoms in total. The summed E-state index contributed by atoms with van der Waals surface area (Å²) in [5.41, 5.74) is 0.542. The second-order valence-corrected chi connectivity index (χ2v) is 4.36. The zero-order valence-electron chi connectivity index (χ0n) is 8.82. The molecular formula is C11H23N. The fourth-order valence-electron chi connectivity index (χ4n) is 2.19. The summed E-state index contributed by atoms with van der Waals surface area (Å²) in [7, 11) is 0. The second kappa shape index (κ2) is 4.27. The normalized spacial score (nSPS) is 25.8. The first-order valence-corrected chi connectivity index (χ1v) is 5.46. The van der Waals surface area contributed by atoms with Gasteiger partial charge < -0.3 is 5.32 Å². The van der Waals surface area contributed by atoms with E-state index in [1.165, 1.54) is 38.6 Å². The molecule has 1 fully saturated rings. The van der Waals surface area contributed by atoms with Crippen LogP contribution < -0.4 is 5.32 Å². The molecule has 1 saturated heterocycles. The molecule has 0 aliphatic carbocycles. The van der Waals surface area contributed by atoms with Crippen molar-refractivity contribution in [3.63, 3.8) is 0 Å². The van der Waals surface area contributed by atoms with Crippen LogP contribution in [-0.2, 0) is 0 Å². The summed E-state index contributed by atoms with van der Waals surface area (Å²) >= 11 is 0. The predicted molar refractivity (Wildman–Crippen MR) is 54.3 cm³/mol. The van der Waals surface area contributed by atoms with Crippen LogP contribution in [0.25, 0.3) is 0 Å². The summed E-state index contributed by atoms with van der Waals surface area (Å²) < 4.78 is 0. The topological polar surface area (TPSA) is 12.0 Å². The molecule has 0 aromatic rings. The summed E-state index contributed by atoms with van der Waals surface area (Å²) in [6, 6.07) is 0.779. The van der Waals surface area contributed by atoms with E-state index in [0.29, 0.717) is 5.41 Å². The minimum absolute atomic E-state index is 0.542. The van der Waals surface area contributed by atoms with Gasteiger partial charge in [-0.05, 0) is 37.6 Å². The Morgan fingerprint density at radius 2 is 1.92 bits per heavy atom. The smallest absolute Gasteiger partial charge is 0.0121 e. The molecule has 1 rings (SSSR count). The van der Waals surface area contributed by atoms with Crippen molar-refractivity contribution in [1.29, 1.82) is 0 Å². The van der Waals surface area contributed by atoms with E-state index in [0.717, 1.165) is 6.04 Å². The molecule has 0 aromatic heterocycles. The first kappa shape index (κ1) is 10.0. The molecule has 12 heavy (non-hydrogen) atoms. The Hall–Kier alpha value is -0.0400. The van der Waals surface area contributed by atoms with Crippen molar-refractivity contribution in [1.82, 2.24) is 5.32 Å². The summed E-state index contributed by atoms with van der Waals surface area (Å²) in [4.78, 5) is 0. The molecule has 0 radical (unpaired) electrons. The van der Waals surface area contributed by atoms with Gasteiger partial charge in [0.2, 0.25) is 0 Å². The highest BCUT2D eigenvalue weighted by molar-refractivity contribution is 4.87. The van der Waals surface area contributed by atoms with Gasteiger partial charge >= 0.3 is 0 Å². The van der Waals surface area contributed by atoms with Gasteiger partial charge in [-0.3, -0.25) is 0 Å². The van der Waals surface area contributed by atoms with Gasteiger partial charge in [-0.25, -0.2) is 0 Å². The molecular weight excluding hydrogens is 146 g/mol. The molecule has 1 atom stereocenters. The maximum Gasteiger partial charge on any atom is 0.0121 e. The summed E-state index contributed by atoms with van der Waals surface area (Å²) in [5.74, 6) is 0. The predicted octanol–water partition coefficient (Wildman–Crippen LogP) is 2.95. The van der Waals surface area contributed by atoms with Crippen molar-refractivity contribution in [3.05, 3.63) is 0 Å². The number of nitrogens with one attached hydrogen (secondary N) is 1. The SMILES string of the molecule is CCC(C)(CC)C1CCCCN1. The summed E-state index contributed by atoms with van der Waals surface area (Å²) in [5, 5.41) is 3.66. The van der Waals surface area contributed by atoms with Crippen LogP contribution in [0.4, 0.5) is 0 Å². The molecule has 1 heteroatoms. The molecule has 0 amide bonds. The lowest BCUT2D eigenvalue weighted by Gasteiger charge is -2.39. The third-order valence-electron chi connectivity index (χ3n) is 3.77. The third kappa shape index (κ3) is 2.01. The van der Waals surface area contributed by atoms with Crippen LogP contribution in [0.3, 0.4) is 0 Å². The fourth-order valence-corrected chi connectivity index (χ4v) is 2.19. The van der Waals surface area contributed by atoms with Crippen molar-refractivity contribution in [2.75, 3.05) is 6.54 Å². The minimum Gasteiger partial charge on any atom is -0.313 e. The molecule has 72 valence electrons. The van der Waals surface area contributed by atoms with Crippen molar-refractivity contribution in [2.24, 2.45) is 5.41 Å². The maximum absolute atomic E-state index is 3.66. The largest absolute Gasteiger partial charge is 0.313 e.